The molecule has 0 atom stereocenters. The summed E-state index contributed by atoms with van der Waals surface area (Å²) in [7, 11) is 0. The summed E-state index contributed by atoms with van der Waals surface area (Å²) in [4.78, 5) is 9.40. The van der Waals surface area contributed by atoms with Gasteiger partial charge in [-0.2, -0.15) is 0 Å². The number of fused-ring (bicyclic) bond motifs is 7. The first kappa shape index (κ1) is 27.1. The Morgan fingerprint density at radius 2 is 1.47 bits per heavy atom. The predicted octanol–water partition coefficient (Wildman–Crippen LogP) is 11.0. The second-order valence-corrected chi connectivity index (χ2v) is 11.9. The molecule has 1 aliphatic carbocycles. The Hall–Kier alpha value is -6.26. The van der Waals surface area contributed by atoms with Gasteiger partial charge >= 0.3 is 0 Å². The second kappa shape index (κ2) is 11.0. The maximum Gasteiger partial charge on any atom is 0.159 e. The molecule has 3 heterocycles. The largest absolute Gasteiger partial charge is 0.454 e. The van der Waals surface area contributed by atoms with Crippen LogP contribution in [0, 0.1) is 0 Å². The monoisotopic (exact) mass is 603 g/mol. The molecule has 0 spiro atoms. The van der Waals surface area contributed by atoms with E-state index in [9.17, 15) is 0 Å². The van der Waals surface area contributed by atoms with Gasteiger partial charge < -0.3 is 8.98 Å². The smallest absolute Gasteiger partial charge is 0.159 e. The van der Waals surface area contributed by atoms with E-state index in [1.165, 1.54) is 10.8 Å². The summed E-state index contributed by atoms with van der Waals surface area (Å²) in [6, 6.07) is 44.3. The molecule has 0 saturated carbocycles. The van der Waals surface area contributed by atoms with Crippen LogP contribution in [0.25, 0.3) is 72.5 Å². The number of benzene rings is 5. The Bertz CT molecular complexity index is 2560. The quantitative estimate of drug-likeness (QED) is 0.184. The van der Waals surface area contributed by atoms with Gasteiger partial charge in [0.15, 0.2) is 5.58 Å². The van der Waals surface area contributed by atoms with E-state index in [1.54, 1.807) is 0 Å². The standard InChI is InChI=1S/C43H29N3O/c1-44-36(24-19-28-18-20-30-22-25-37(45-38(30)26-28)29-10-3-2-4-11-29)31-21-23-34-35-14-9-17-41(43(35)47-42(34)27-31)46-39-15-7-5-12-32(39)33-13-6-8-16-40(33)46/h2-25,27H,1,26H2/b28-19-,36-24-. The number of allylic oxidation sites excluding steroid dienone is 4. The normalized spacial score (nSPS) is 14.0. The molecule has 3 aromatic heterocycles. The van der Waals surface area contributed by atoms with Crippen molar-refractivity contribution in [2.75, 3.05) is 0 Å². The molecule has 9 rings (SSSR count). The van der Waals surface area contributed by atoms with E-state index in [4.69, 9.17) is 9.40 Å². The third kappa shape index (κ3) is 4.53. The third-order valence-electron chi connectivity index (χ3n) is 9.15. The highest BCUT2D eigenvalue weighted by Crippen LogP contribution is 2.38. The van der Waals surface area contributed by atoms with Gasteiger partial charge in [-0.1, -0.05) is 109 Å². The van der Waals surface area contributed by atoms with Crippen LogP contribution in [0.1, 0.15) is 16.8 Å². The van der Waals surface area contributed by atoms with Gasteiger partial charge in [0, 0.05) is 39.1 Å². The Balaban J connectivity index is 1.09. The van der Waals surface area contributed by atoms with Crippen molar-refractivity contribution in [1.29, 1.82) is 0 Å². The van der Waals surface area contributed by atoms with Crippen LogP contribution in [-0.4, -0.2) is 16.3 Å². The summed E-state index contributed by atoms with van der Waals surface area (Å²) >= 11 is 0. The lowest BCUT2D eigenvalue weighted by atomic mass is 9.96. The molecule has 0 unspecified atom stereocenters. The number of rotatable bonds is 5. The molecule has 8 aromatic rings. The van der Waals surface area contributed by atoms with E-state index in [0.717, 1.165) is 84.4 Å². The average Bonchev–Trinajstić information content (AvgIpc) is 3.67. The molecular formula is C43H29N3O. The first-order chi connectivity index (χ1) is 23.2. The van der Waals surface area contributed by atoms with Crippen molar-refractivity contribution >= 4 is 62.2 Å². The molecule has 0 aliphatic heterocycles. The number of aliphatic imine (C=N–C) groups is 1. The molecule has 47 heavy (non-hydrogen) atoms. The number of nitrogens with zero attached hydrogens (tertiary/aromatic N) is 3. The maximum atomic E-state index is 6.68. The molecule has 222 valence electrons. The fraction of sp³-hybridized carbons (Fsp3) is 0.0233. The van der Waals surface area contributed by atoms with Crippen molar-refractivity contribution in [2.24, 2.45) is 4.99 Å². The van der Waals surface area contributed by atoms with E-state index in [0.29, 0.717) is 0 Å². The van der Waals surface area contributed by atoms with Crippen LogP contribution in [0.3, 0.4) is 0 Å². The molecule has 0 N–H and O–H groups in total. The minimum absolute atomic E-state index is 0.752. The highest BCUT2D eigenvalue weighted by Gasteiger charge is 2.18. The first-order valence-electron chi connectivity index (χ1n) is 15.8. The zero-order valence-electron chi connectivity index (χ0n) is 25.6. The Morgan fingerprint density at radius 3 is 2.26 bits per heavy atom. The van der Waals surface area contributed by atoms with Crippen molar-refractivity contribution in [3.63, 3.8) is 0 Å². The number of hydrogen-bond donors (Lipinski definition) is 0. The van der Waals surface area contributed by atoms with E-state index in [1.807, 2.05) is 24.3 Å². The van der Waals surface area contributed by atoms with Gasteiger partial charge in [0.1, 0.15) is 5.58 Å². The highest BCUT2D eigenvalue weighted by molar-refractivity contribution is 6.12. The van der Waals surface area contributed by atoms with Crippen LogP contribution in [-0.2, 0) is 6.42 Å². The SMILES string of the molecule is C=N/C(=C\C=C1\C=Cc2ccc(-c3ccccc3)nc2C1)c1ccc2c(c1)oc1c(-n3c4ccccc4c4ccccc43)cccc12. The Kier molecular flexibility index (Phi) is 6.32. The molecular weight excluding hydrogens is 574 g/mol. The summed E-state index contributed by atoms with van der Waals surface area (Å²) < 4.78 is 8.99. The zero-order chi connectivity index (χ0) is 31.3. The topological polar surface area (TPSA) is 43.3 Å². The van der Waals surface area contributed by atoms with Gasteiger partial charge in [0.25, 0.3) is 0 Å². The lowest BCUT2D eigenvalue weighted by Gasteiger charge is -2.13. The van der Waals surface area contributed by atoms with Crippen molar-refractivity contribution in [3.05, 3.63) is 168 Å². The van der Waals surface area contributed by atoms with Crippen LogP contribution in [0.15, 0.2) is 161 Å². The molecule has 4 nitrogen and oxygen atoms in total. The summed E-state index contributed by atoms with van der Waals surface area (Å²) in [6.07, 6.45) is 9.19. The molecule has 0 radical (unpaired) electrons. The van der Waals surface area contributed by atoms with E-state index < -0.39 is 0 Å². The summed E-state index contributed by atoms with van der Waals surface area (Å²) in [6.45, 7) is 3.90. The van der Waals surface area contributed by atoms with Gasteiger partial charge in [-0.15, -0.1) is 0 Å². The molecule has 0 amide bonds. The second-order valence-electron chi connectivity index (χ2n) is 11.9. The summed E-state index contributed by atoms with van der Waals surface area (Å²) in [5.74, 6) is 0. The number of hydrogen-bond acceptors (Lipinski definition) is 3. The molecule has 0 fully saturated rings. The fourth-order valence-electron chi connectivity index (χ4n) is 6.87. The van der Waals surface area contributed by atoms with Crippen LogP contribution in [0.5, 0.6) is 0 Å². The summed E-state index contributed by atoms with van der Waals surface area (Å²) in [5.41, 5.74) is 12.2. The van der Waals surface area contributed by atoms with Crippen LogP contribution < -0.4 is 0 Å². The fourth-order valence-corrected chi connectivity index (χ4v) is 6.87. The van der Waals surface area contributed by atoms with Gasteiger partial charge in [-0.3, -0.25) is 9.98 Å². The van der Waals surface area contributed by atoms with Crippen molar-refractivity contribution < 1.29 is 4.42 Å². The van der Waals surface area contributed by atoms with Gasteiger partial charge in [-0.25, -0.2) is 0 Å². The third-order valence-corrected chi connectivity index (χ3v) is 9.15. The minimum Gasteiger partial charge on any atom is -0.454 e. The number of para-hydroxylation sites is 3. The highest BCUT2D eigenvalue weighted by atomic mass is 16.3. The average molecular weight is 604 g/mol. The van der Waals surface area contributed by atoms with Gasteiger partial charge in [0.2, 0.25) is 0 Å². The van der Waals surface area contributed by atoms with Gasteiger partial charge in [-0.05, 0) is 60.3 Å². The van der Waals surface area contributed by atoms with Gasteiger partial charge in [0.05, 0.1) is 33.8 Å². The van der Waals surface area contributed by atoms with E-state index in [2.05, 4.69) is 144 Å². The molecule has 5 aromatic carbocycles. The minimum atomic E-state index is 0.752. The van der Waals surface area contributed by atoms with Crippen molar-refractivity contribution in [1.82, 2.24) is 9.55 Å². The number of pyridine rings is 1. The number of aromatic nitrogens is 2. The first-order valence-corrected chi connectivity index (χ1v) is 15.8. The lowest BCUT2D eigenvalue weighted by molar-refractivity contribution is 0.666. The van der Waals surface area contributed by atoms with Crippen LogP contribution in [0.2, 0.25) is 0 Å². The number of furan rings is 1. The van der Waals surface area contributed by atoms with E-state index >= 15 is 0 Å². The van der Waals surface area contributed by atoms with E-state index in [-0.39, 0.29) is 0 Å². The van der Waals surface area contributed by atoms with Crippen LogP contribution in [0.4, 0.5) is 0 Å². The lowest BCUT2D eigenvalue weighted by Crippen LogP contribution is -2.01. The van der Waals surface area contributed by atoms with Crippen molar-refractivity contribution in [3.8, 4) is 16.9 Å². The zero-order valence-corrected chi connectivity index (χ0v) is 25.6. The summed E-state index contributed by atoms with van der Waals surface area (Å²) in [5, 5.41) is 4.60. The molecule has 0 saturated heterocycles. The Morgan fingerprint density at radius 1 is 0.723 bits per heavy atom. The Labute approximate surface area is 272 Å². The molecule has 0 bridgehead atoms. The maximum absolute atomic E-state index is 6.68. The predicted molar refractivity (Wildman–Crippen MR) is 196 cm³/mol. The molecule has 4 heteroatoms. The molecule has 1 aliphatic rings. The van der Waals surface area contributed by atoms with Crippen molar-refractivity contribution in [2.45, 2.75) is 6.42 Å². The van der Waals surface area contributed by atoms with Crippen LogP contribution >= 0.6 is 0 Å².